The Morgan fingerprint density at radius 1 is 1.45 bits per heavy atom. The van der Waals surface area contributed by atoms with Gasteiger partial charge in [0.15, 0.2) is 0 Å². The first-order chi connectivity index (χ1) is 9.45. The predicted molar refractivity (Wildman–Crippen MR) is 82.4 cm³/mol. The highest BCUT2D eigenvalue weighted by atomic mass is 35.5. The molecule has 0 aromatic carbocycles. The molecule has 1 aliphatic carbocycles. The van der Waals surface area contributed by atoms with Crippen LogP contribution in [-0.4, -0.2) is 27.9 Å². The summed E-state index contributed by atoms with van der Waals surface area (Å²) in [5.74, 6) is 0.474. The maximum absolute atomic E-state index is 12.7. The van der Waals surface area contributed by atoms with Gasteiger partial charge < -0.3 is 4.90 Å². The highest BCUT2D eigenvalue weighted by Crippen LogP contribution is 2.33. The van der Waals surface area contributed by atoms with Crippen LogP contribution >= 0.6 is 23.2 Å². The quantitative estimate of drug-likeness (QED) is 0.753. The fourth-order valence-corrected chi connectivity index (χ4v) is 2.61. The van der Waals surface area contributed by atoms with Crippen LogP contribution in [0.1, 0.15) is 50.4 Å². The maximum atomic E-state index is 12.7. The molecule has 0 aliphatic heterocycles. The Kier molecular flexibility index (Phi) is 4.92. The number of amides is 1. The lowest BCUT2D eigenvalue weighted by Gasteiger charge is -2.33. The van der Waals surface area contributed by atoms with Gasteiger partial charge in [-0.15, -0.1) is 0 Å². The highest BCUT2D eigenvalue weighted by molar-refractivity contribution is 6.41. The largest absolute Gasteiger partial charge is 0.333 e. The number of halogens is 2. The Hall–Kier alpha value is -0.800. The van der Waals surface area contributed by atoms with Crippen LogP contribution < -0.4 is 0 Å². The molecule has 2 rings (SSSR count). The normalized spacial score (nSPS) is 17.6. The lowest BCUT2D eigenvalue weighted by molar-refractivity contribution is 0.0615. The maximum Gasteiger partial charge on any atom is 0.255 e. The minimum Gasteiger partial charge on any atom is -0.333 e. The number of carbonyl (C=O) groups is 1. The zero-order chi connectivity index (χ0) is 14.9. The summed E-state index contributed by atoms with van der Waals surface area (Å²) in [6.07, 6.45) is 4.73. The number of hydrogen-bond acceptors (Lipinski definition) is 2. The molecule has 1 amide bonds. The van der Waals surface area contributed by atoms with Crippen molar-refractivity contribution in [2.45, 2.75) is 52.1 Å². The third kappa shape index (κ3) is 3.26. The molecule has 5 heteroatoms. The monoisotopic (exact) mass is 314 g/mol. The van der Waals surface area contributed by atoms with Crippen molar-refractivity contribution in [3.63, 3.8) is 0 Å². The van der Waals surface area contributed by atoms with E-state index in [1.807, 2.05) is 4.90 Å². The van der Waals surface area contributed by atoms with Crippen LogP contribution in [0.3, 0.4) is 0 Å². The van der Waals surface area contributed by atoms with Gasteiger partial charge in [0.25, 0.3) is 5.91 Å². The van der Waals surface area contributed by atoms with Gasteiger partial charge in [0, 0.05) is 18.3 Å². The molecule has 1 saturated carbocycles. The van der Waals surface area contributed by atoms with Crippen molar-refractivity contribution in [1.29, 1.82) is 0 Å². The summed E-state index contributed by atoms with van der Waals surface area (Å²) in [5.41, 5.74) is 0.515. The van der Waals surface area contributed by atoms with E-state index < -0.39 is 0 Å². The number of rotatable bonds is 5. The summed E-state index contributed by atoms with van der Waals surface area (Å²) >= 11 is 11.8. The number of nitrogens with zero attached hydrogens (tertiary/aromatic N) is 2. The Morgan fingerprint density at radius 3 is 2.60 bits per heavy atom. The van der Waals surface area contributed by atoms with E-state index >= 15 is 0 Å². The number of hydrogen-bond donors (Lipinski definition) is 0. The van der Waals surface area contributed by atoms with E-state index in [2.05, 4.69) is 25.8 Å². The van der Waals surface area contributed by atoms with Crippen LogP contribution in [0.15, 0.2) is 12.3 Å². The number of pyridine rings is 1. The third-order valence-electron chi connectivity index (χ3n) is 4.12. The van der Waals surface area contributed by atoms with Crippen molar-refractivity contribution < 1.29 is 4.79 Å². The molecule has 2 atom stereocenters. The van der Waals surface area contributed by atoms with E-state index in [9.17, 15) is 4.79 Å². The van der Waals surface area contributed by atoms with E-state index in [1.165, 1.54) is 6.20 Å². The molecular weight excluding hydrogens is 295 g/mol. The van der Waals surface area contributed by atoms with Crippen LogP contribution in [0.25, 0.3) is 0 Å². The standard InChI is InChI=1S/C15H20Cl2N2O/c1-4-9(2)10(3)19(12-5-6-12)15(20)11-7-13(16)14(17)18-8-11/h7-10,12H,4-6H2,1-3H3. The first kappa shape index (κ1) is 15.6. The number of aromatic nitrogens is 1. The molecule has 0 radical (unpaired) electrons. The smallest absolute Gasteiger partial charge is 0.255 e. The molecule has 1 aromatic rings. The summed E-state index contributed by atoms with van der Waals surface area (Å²) in [7, 11) is 0. The zero-order valence-electron chi connectivity index (χ0n) is 12.1. The summed E-state index contributed by atoms with van der Waals surface area (Å²) in [5, 5.41) is 0.556. The van der Waals surface area contributed by atoms with E-state index in [4.69, 9.17) is 23.2 Å². The first-order valence-electron chi connectivity index (χ1n) is 7.09. The van der Waals surface area contributed by atoms with Gasteiger partial charge in [-0.25, -0.2) is 4.98 Å². The van der Waals surface area contributed by atoms with Crippen LogP contribution in [0.4, 0.5) is 0 Å². The van der Waals surface area contributed by atoms with E-state index in [0.29, 0.717) is 22.5 Å². The van der Waals surface area contributed by atoms with Gasteiger partial charge in [0.1, 0.15) is 5.15 Å². The SMILES string of the molecule is CCC(C)C(C)N(C(=O)c1cnc(Cl)c(Cl)c1)C1CC1. The van der Waals surface area contributed by atoms with Gasteiger partial charge in [0.2, 0.25) is 0 Å². The fourth-order valence-electron chi connectivity index (χ4n) is 2.34. The average molecular weight is 315 g/mol. The number of carbonyl (C=O) groups excluding carboxylic acids is 1. The van der Waals surface area contributed by atoms with Crippen LogP contribution in [0, 0.1) is 5.92 Å². The lowest BCUT2D eigenvalue weighted by Crippen LogP contribution is -2.43. The Balaban J connectivity index is 2.24. The average Bonchev–Trinajstić information content (AvgIpc) is 3.25. The second-order valence-corrected chi connectivity index (χ2v) is 6.33. The fraction of sp³-hybridized carbons (Fsp3) is 0.600. The van der Waals surface area contributed by atoms with Crippen molar-refractivity contribution in [2.24, 2.45) is 5.92 Å². The van der Waals surface area contributed by atoms with E-state index in [1.54, 1.807) is 6.07 Å². The van der Waals surface area contributed by atoms with Gasteiger partial charge in [0.05, 0.1) is 10.6 Å². The molecule has 1 fully saturated rings. The summed E-state index contributed by atoms with van der Waals surface area (Å²) in [4.78, 5) is 18.7. The van der Waals surface area contributed by atoms with Crippen molar-refractivity contribution in [3.8, 4) is 0 Å². The molecule has 2 unspecified atom stereocenters. The highest BCUT2D eigenvalue weighted by Gasteiger charge is 2.37. The van der Waals surface area contributed by atoms with Crippen molar-refractivity contribution in [1.82, 2.24) is 9.88 Å². The molecule has 0 N–H and O–H groups in total. The molecule has 1 heterocycles. The minimum absolute atomic E-state index is 0.00590. The zero-order valence-corrected chi connectivity index (χ0v) is 13.6. The van der Waals surface area contributed by atoms with Crippen LogP contribution in [0.2, 0.25) is 10.2 Å². The Morgan fingerprint density at radius 2 is 2.10 bits per heavy atom. The van der Waals surface area contributed by atoms with Gasteiger partial charge in [-0.1, -0.05) is 43.5 Å². The molecule has 1 aromatic heterocycles. The molecule has 20 heavy (non-hydrogen) atoms. The van der Waals surface area contributed by atoms with Gasteiger partial charge in [-0.3, -0.25) is 4.79 Å². The second kappa shape index (κ2) is 6.31. The summed E-state index contributed by atoms with van der Waals surface area (Å²) in [6, 6.07) is 2.19. The van der Waals surface area contributed by atoms with Crippen LogP contribution in [-0.2, 0) is 0 Å². The molecule has 110 valence electrons. The van der Waals surface area contributed by atoms with Crippen molar-refractivity contribution >= 4 is 29.1 Å². The van der Waals surface area contributed by atoms with Gasteiger partial charge >= 0.3 is 0 Å². The van der Waals surface area contributed by atoms with Gasteiger partial charge in [-0.05, 0) is 31.7 Å². The van der Waals surface area contributed by atoms with E-state index in [0.717, 1.165) is 19.3 Å². The predicted octanol–water partition coefficient (Wildman–Crippen LogP) is 4.43. The molecule has 1 aliphatic rings. The minimum atomic E-state index is 0.00590. The molecule has 0 saturated heterocycles. The van der Waals surface area contributed by atoms with Crippen LogP contribution in [0.5, 0.6) is 0 Å². The van der Waals surface area contributed by atoms with Crippen molar-refractivity contribution in [3.05, 3.63) is 28.0 Å². The molecule has 0 bridgehead atoms. The van der Waals surface area contributed by atoms with Gasteiger partial charge in [-0.2, -0.15) is 0 Å². The first-order valence-corrected chi connectivity index (χ1v) is 7.85. The molecule has 3 nitrogen and oxygen atoms in total. The lowest BCUT2D eigenvalue weighted by atomic mass is 9.98. The topological polar surface area (TPSA) is 33.2 Å². The molecule has 0 spiro atoms. The Bertz CT molecular complexity index is 503. The van der Waals surface area contributed by atoms with Crippen molar-refractivity contribution in [2.75, 3.05) is 0 Å². The van der Waals surface area contributed by atoms with E-state index in [-0.39, 0.29) is 17.1 Å². The summed E-state index contributed by atoms with van der Waals surface area (Å²) < 4.78 is 0. The second-order valence-electron chi connectivity index (χ2n) is 5.57. The third-order valence-corrected chi connectivity index (χ3v) is 4.81. The summed E-state index contributed by atoms with van der Waals surface area (Å²) in [6.45, 7) is 6.45. The Labute approximate surface area is 130 Å². The molecular formula is C15H20Cl2N2O.